The summed E-state index contributed by atoms with van der Waals surface area (Å²) in [4.78, 5) is 26.9. The maximum Gasteiger partial charge on any atom is 0.322 e. The number of carboxylic acid groups (broad SMARTS) is 1. The number of H-pyrrole nitrogens is 1. The molecule has 7 heteroatoms. The second-order valence-corrected chi connectivity index (χ2v) is 5.96. The van der Waals surface area contributed by atoms with E-state index in [1.807, 2.05) is 0 Å². The number of aliphatic carboxylic acids is 1. The number of carbonyl (C=O) groups excluding carboxylic acids is 1. The predicted molar refractivity (Wildman–Crippen MR) is 77.1 cm³/mol. The number of hydrogen-bond donors (Lipinski definition) is 2. The third-order valence-electron chi connectivity index (χ3n) is 3.70. The SMILES string of the molecule is CC(C)Cc1cc(C(=O)N2CCN(C)[C@@H](C(=O)O)C2)n[nH]1. The zero-order chi connectivity index (χ0) is 15.6. The largest absolute Gasteiger partial charge is 0.480 e. The molecule has 2 N–H and O–H groups in total. The van der Waals surface area contributed by atoms with E-state index >= 15 is 0 Å². The van der Waals surface area contributed by atoms with Crippen LogP contribution in [0.15, 0.2) is 6.07 Å². The van der Waals surface area contributed by atoms with Crippen molar-refractivity contribution in [3.63, 3.8) is 0 Å². The van der Waals surface area contributed by atoms with Crippen molar-refractivity contribution in [2.24, 2.45) is 5.92 Å². The van der Waals surface area contributed by atoms with Gasteiger partial charge in [0.25, 0.3) is 5.91 Å². The van der Waals surface area contributed by atoms with Gasteiger partial charge in [-0.25, -0.2) is 0 Å². The molecule has 2 rings (SSSR count). The van der Waals surface area contributed by atoms with Crippen LogP contribution in [0.1, 0.15) is 30.0 Å². The summed E-state index contributed by atoms with van der Waals surface area (Å²) in [7, 11) is 1.76. The topological polar surface area (TPSA) is 89.5 Å². The highest BCUT2D eigenvalue weighted by Crippen LogP contribution is 2.13. The normalized spacial score (nSPS) is 20.0. The van der Waals surface area contributed by atoms with Gasteiger partial charge < -0.3 is 10.0 Å². The van der Waals surface area contributed by atoms with E-state index in [0.29, 0.717) is 24.7 Å². The number of amides is 1. The number of piperazine rings is 1. The zero-order valence-corrected chi connectivity index (χ0v) is 12.7. The fourth-order valence-corrected chi connectivity index (χ4v) is 2.50. The second-order valence-electron chi connectivity index (χ2n) is 5.96. The van der Waals surface area contributed by atoms with Gasteiger partial charge in [-0.2, -0.15) is 5.10 Å². The first-order valence-electron chi connectivity index (χ1n) is 7.15. The average Bonchev–Trinajstić information content (AvgIpc) is 2.85. The van der Waals surface area contributed by atoms with Crippen LogP contribution in [0.4, 0.5) is 0 Å². The molecule has 0 unspecified atom stereocenters. The maximum atomic E-state index is 12.4. The number of likely N-dealkylation sites (N-methyl/N-ethyl adjacent to an activating group) is 1. The fourth-order valence-electron chi connectivity index (χ4n) is 2.50. The monoisotopic (exact) mass is 294 g/mol. The average molecular weight is 294 g/mol. The Balaban J connectivity index is 2.06. The number of rotatable bonds is 4. The minimum atomic E-state index is -0.905. The van der Waals surface area contributed by atoms with E-state index in [4.69, 9.17) is 0 Å². The number of hydrogen-bond acceptors (Lipinski definition) is 4. The van der Waals surface area contributed by atoms with Crippen molar-refractivity contribution in [1.29, 1.82) is 0 Å². The first-order chi connectivity index (χ1) is 9.88. The van der Waals surface area contributed by atoms with Crippen LogP contribution in [0.3, 0.4) is 0 Å². The quantitative estimate of drug-likeness (QED) is 0.841. The van der Waals surface area contributed by atoms with Gasteiger partial charge >= 0.3 is 5.97 Å². The molecular weight excluding hydrogens is 272 g/mol. The van der Waals surface area contributed by atoms with Crippen molar-refractivity contribution in [3.05, 3.63) is 17.5 Å². The lowest BCUT2D eigenvalue weighted by molar-refractivity contribution is -0.144. The molecule has 1 amide bonds. The Labute approximate surface area is 123 Å². The summed E-state index contributed by atoms with van der Waals surface area (Å²) in [5, 5.41) is 16.1. The number of carbonyl (C=O) groups is 2. The molecule has 0 bridgehead atoms. The van der Waals surface area contributed by atoms with Crippen molar-refractivity contribution >= 4 is 11.9 Å². The van der Waals surface area contributed by atoms with Crippen LogP contribution in [0.5, 0.6) is 0 Å². The van der Waals surface area contributed by atoms with E-state index in [1.165, 1.54) is 0 Å². The molecular formula is C14H22N4O3. The maximum absolute atomic E-state index is 12.4. The first-order valence-corrected chi connectivity index (χ1v) is 7.15. The molecule has 0 aromatic carbocycles. The van der Waals surface area contributed by atoms with Crippen LogP contribution < -0.4 is 0 Å². The van der Waals surface area contributed by atoms with Crippen LogP contribution in [-0.4, -0.2) is 69.7 Å². The Kier molecular flexibility index (Phi) is 4.62. The van der Waals surface area contributed by atoms with Crippen molar-refractivity contribution in [1.82, 2.24) is 20.0 Å². The number of carboxylic acids is 1. The van der Waals surface area contributed by atoms with E-state index in [0.717, 1.165) is 12.1 Å². The Bertz CT molecular complexity index is 526. The lowest BCUT2D eigenvalue weighted by atomic mass is 10.1. The van der Waals surface area contributed by atoms with E-state index in [2.05, 4.69) is 24.0 Å². The van der Waals surface area contributed by atoms with Crippen LogP contribution in [0.2, 0.25) is 0 Å². The van der Waals surface area contributed by atoms with E-state index in [9.17, 15) is 14.7 Å². The minimum Gasteiger partial charge on any atom is -0.480 e. The molecule has 1 aromatic rings. The highest BCUT2D eigenvalue weighted by molar-refractivity contribution is 5.93. The number of aromatic amines is 1. The standard InChI is InChI=1S/C14H22N4O3/c1-9(2)6-10-7-11(16-15-10)13(19)18-5-4-17(3)12(8-18)14(20)21/h7,9,12H,4-6,8H2,1-3H3,(H,15,16)(H,20,21)/t12-/m1/s1. The van der Waals surface area contributed by atoms with Crippen molar-refractivity contribution < 1.29 is 14.7 Å². The third kappa shape index (κ3) is 3.60. The Morgan fingerprint density at radius 1 is 1.48 bits per heavy atom. The molecule has 21 heavy (non-hydrogen) atoms. The molecule has 1 saturated heterocycles. The van der Waals surface area contributed by atoms with Gasteiger partial charge in [0.1, 0.15) is 11.7 Å². The summed E-state index contributed by atoms with van der Waals surface area (Å²) in [5.74, 6) is -0.633. The van der Waals surface area contributed by atoms with E-state index in [1.54, 1.807) is 22.9 Å². The van der Waals surface area contributed by atoms with Gasteiger partial charge in [0, 0.05) is 25.3 Å². The number of aromatic nitrogens is 2. The Hall–Kier alpha value is -1.89. The fraction of sp³-hybridized carbons (Fsp3) is 0.643. The molecule has 7 nitrogen and oxygen atoms in total. The number of nitrogens with one attached hydrogen (secondary N) is 1. The Morgan fingerprint density at radius 2 is 2.19 bits per heavy atom. The van der Waals surface area contributed by atoms with Gasteiger partial charge in [-0.05, 0) is 25.5 Å². The van der Waals surface area contributed by atoms with Gasteiger partial charge in [0.2, 0.25) is 0 Å². The summed E-state index contributed by atoms with van der Waals surface area (Å²) in [5.41, 5.74) is 1.29. The molecule has 1 aliphatic heterocycles. The van der Waals surface area contributed by atoms with E-state index in [-0.39, 0.29) is 12.5 Å². The molecule has 0 radical (unpaired) electrons. The first kappa shape index (κ1) is 15.5. The van der Waals surface area contributed by atoms with Gasteiger partial charge in [0.15, 0.2) is 0 Å². The Morgan fingerprint density at radius 3 is 2.81 bits per heavy atom. The molecule has 2 heterocycles. The molecule has 0 aliphatic carbocycles. The van der Waals surface area contributed by atoms with Gasteiger partial charge in [0.05, 0.1) is 0 Å². The number of nitrogens with zero attached hydrogens (tertiary/aromatic N) is 3. The van der Waals surface area contributed by atoms with Crippen LogP contribution in [0.25, 0.3) is 0 Å². The molecule has 0 spiro atoms. The molecule has 1 aromatic heterocycles. The minimum absolute atomic E-state index is 0.192. The van der Waals surface area contributed by atoms with E-state index < -0.39 is 12.0 Å². The summed E-state index contributed by atoms with van der Waals surface area (Å²) in [6, 6.07) is 1.10. The van der Waals surface area contributed by atoms with Crippen molar-refractivity contribution in [2.45, 2.75) is 26.3 Å². The smallest absolute Gasteiger partial charge is 0.322 e. The van der Waals surface area contributed by atoms with Crippen LogP contribution in [-0.2, 0) is 11.2 Å². The van der Waals surface area contributed by atoms with Gasteiger partial charge in [-0.15, -0.1) is 0 Å². The summed E-state index contributed by atoms with van der Waals surface area (Å²) < 4.78 is 0. The second kappa shape index (κ2) is 6.26. The highest BCUT2D eigenvalue weighted by Gasteiger charge is 2.33. The summed E-state index contributed by atoms with van der Waals surface area (Å²) >= 11 is 0. The van der Waals surface area contributed by atoms with Crippen LogP contribution >= 0.6 is 0 Å². The lowest BCUT2D eigenvalue weighted by Gasteiger charge is -2.36. The van der Waals surface area contributed by atoms with Crippen molar-refractivity contribution in [3.8, 4) is 0 Å². The molecule has 0 saturated carbocycles. The molecule has 116 valence electrons. The highest BCUT2D eigenvalue weighted by atomic mass is 16.4. The van der Waals surface area contributed by atoms with Crippen LogP contribution in [0, 0.1) is 5.92 Å². The van der Waals surface area contributed by atoms with Gasteiger partial charge in [-0.1, -0.05) is 13.8 Å². The summed E-state index contributed by atoms with van der Waals surface area (Å²) in [6.07, 6.45) is 0.834. The van der Waals surface area contributed by atoms with Crippen molar-refractivity contribution in [2.75, 3.05) is 26.7 Å². The predicted octanol–water partition coefficient (Wildman–Crippen LogP) is 0.449. The molecule has 1 fully saturated rings. The zero-order valence-electron chi connectivity index (χ0n) is 12.7. The van der Waals surface area contributed by atoms with Gasteiger partial charge in [-0.3, -0.25) is 19.6 Å². The third-order valence-corrected chi connectivity index (χ3v) is 3.70. The molecule has 1 aliphatic rings. The summed E-state index contributed by atoms with van der Waals surface area (Å²) in [6.45, 7) is 5.45. The molecule has 1 atom stereocenters. The lowest BCUT2D eigenvalue weighted by Crippen LogP contribution is -2.56.